The van der Waals surface area contributed by atoms with E-state index in [4.69, 9.17) is 32.3 Å². The zero-order valence-electron chi connectivity index (χ0n) is 32.5. The van der Waals surface area contributed by atoms with E-state index in [0.29, 0.717) is 44.8 Å². The fourth-order valence-corrected chi connectivity index (χ4v) is 6.95. The van der Waals surface area contributed by atoms with Gasteiger partial charge >= 0.3 is 0 Å². The van der Waals surface area contributed by atoms with E-state index in [9.17, 15) is 4.11 Å². The molecule has 7 aromatic carbocycles. The Labute approximate surface area is 298 Å². The van der Waals surface area contributed by atoms with Crippen LogP contribution in [0.5, 0.6) is 0 Å². The van der Waals surface area contributed by atoms with Crippen LogP contribution < -0.4 is 0 Å². The van der Waals surface area contributed by atoms with Crippen LogP contribution in [0.25, 0.3) is 111 Å². The number of benzene rings is 7. The number of nitrogens with zero attached hydrogens (tertiary/aromatic N) is 3. The van der Waals surface area contributed by atoms with E-state index in [0.717, 1.165) is 21.5 Å². The zero-order valence-corrected chi connectivity index (χ0v) is 26.5. The summed E-state index contributed by atoms with van der Waals surface area (Å²) in [6.45, 7) is 0. The third-order valence-corrected chi connectivity index (χ3v) is 9.27. The van der Waals surface area contributed by atoms with E-state index in [1.807, 2.05) is 109 Å². The molecule has 4 aromatic heterocycles. The quantitative estimate of drug-likeness (QED) is 0.187. The average Bonchev–Trinajstić information content (AvgIpc) is 3.95. The maximum atomic E-state index is 9.58. The topological polar surface area (TPSA) is 78.1 Å². The van der Waals surface area contributed by atoms with Crippen LogP contribution in [0.15, 0.2) is 165 Å². The molecule has 0 radical (unpaired) electrons. The first kappa shape index (κ1) is 22.6. The number of furan rings is 3. The van der Waals surface area contributed by atoms with Gasteiger partial charge in [0.15, 0.2) is 17.5 Å². The van der Waals surface area contributed by atoms with Gasteiger partial charge in [0, 0.05) is 60.1 Å². The van der Waals surface area contributed by atoms with Gasteiger partial charge in [-0.15, -0.1) is 0 Å². The molecular weight excluding hydrogens is 631 g/mol. The number of fused-ring (bicyclic) bond motifs is 9. The van der Waals surface area contributed by atoms with Gasteiger partial charge in [-0.1, -0.05) is 121 Å². The second kappa shape index (κ2) is 10.7. The van der Waals surface area contributed by atoms with Crippen LogP contribution >= 0.6 is 0 Å². The average molecular weight is 662 g/mol. The molecule has 51 heavy (non-hydrogen) atoms. The smallest absolute Gasteiger partial charge is 0.164 e. The Kier molecular flexibility index (Phi) is 4.74. The predicted octanol–water partition coefficient (Wildman–Crippen LogP) is 12.2. The summed E-state index contributed by atoms with van der Waals surface area (Å²) >= 11 is 0. The minimum absolute atomic E-state index is 0.0183. The summed E-state index contributed by atoms with van der Waals surface area (Å²) in [6, 6.07) is 33.7. The predicted molar refractivity (Wildman–Crippen MR) is 203 cm³/mol. The van der Waals surface area contributed by atoms with Gasteiger partial charge < -0.3 is 13.3 Å². The van der Waals surface area contributed by atoms with Crippen LogP contribution in [0.3, 0.4) is 0 Å². The standard InChI is InChI=1S/C45H25N3O3/c1-2-11-26(12-3-1)43-46-44(48-45(47-43)35-19-10-22-38-40(35)34-14-5-7-21-37(34)49-38)27-23-24-29-31-16-9-18-33(42(31)51-39(29)25-27)32-17-8-15-30-28-13-4-6-20-36(28)50-41(30)32/h1-25H/i9D,16D,18D,23D,24D,25D. The van der Waals surface area contributed by atoms with Crippen molar-refractivity contribution in [3.8, 4) is 45.3 Å². The van der Waals surface area contributed by atoms with Gasteiger partial charge in [-0.05, 0) is 30.3 Å². The molecule has 0 N–H and O–H groups in total. The molecule has 0 unspecified atom stereocenters. The molecule has 0 saturated carbocycles. The monoisotopic (exact) mass is 661 g/mol. The van der Waals surface area contributed by atoms with Crippen LogP contribution in [-0.4, -0.2) is 15.0 Å². The molecule has 0 atom stereocenters. The molecule has 0 spiro atoms. The Morgan fingerprint density at radius 1 is 0.392 bits per heavy atom. The molecule has 0 bridgehead atoms. The van der Waals surface area contributed by atoms with Crippen LogP contribution in [-0.2, 0) is 0 Å². The highest BCUT2D eigenvalue weighted by molar-refractivity contribution is 6.15. The van der Waals surface area contributed by atoms with Crippen LogP contribution in [0.4, 0.5) is 0 Å². The van der Waals surface area contributed by atoms with Crippen molar-refractivity contribution in [1.82, 2.24) is 15.0 Å². The first-order valence-corrected chi connectivity index (χ1v) is 16.4. The lowest BCUT2D eigenvalue weighted by molar-refractivity contribution is 0.665. The highest BCUT2D eigenvalue weighted by Gasteiger charge is 2.20. The first-order valence-electron chi connectivity index (χ1n) is 19.4. The lowest BCUT2D eigenvalue weighted by Crippen LogP contribution is -2.00. The summed E-state index contributed by atoms with van der Waals surface area (Å²) in [7, 11) is 0. The van der Waals surface area contributed by atoms with E-state index >= 15 is 0 Å². The molecular formula is C45H25N3O3. The van der Waals surface area contributed by atoms with E-state index < -0.39 is 0 Å². The van der Waals surface area contributed by atoms with Crippen molar-refractivity contribution in [2.45, 2.75) is 0 Å². The molecule has 11 rings (SSSR count). The second-order valence-electron chi connectivity index (χ2n) is 12.2. The van der Waals surface area contributed by atoms with Crippen molar-refractivity contribution in [3.63, 3.8) is 0 Å². The minimum Gasteiger partial charge on any atom is -0.456 e. The molecule has 0 aliphatic carbocycles. The van der Waals surface area contributed by atoms with Gasteiger partial charge in [-0.25, -0.2) is 15.0 Å². The normalized spacial score (nSPS) is 13.6. The first-order chi connectivity index (χ1) is 27.8. The van der Waals surface area contributed by atoms with Gasteiger partial charge in [0.05, 0.1) is 8.22 Å². The Bertz CT molecular complexity index is 3500. The summed E-state index contributed by atoms with van der Waals surface area (Å²) in [5, 5.41) is 3.42. The molecule has 0 aliphatic heterocycles. The molecule has 6 heteroatoms. The van der Waals surface area contributed by atoms with E-state index in [1.54, 1.807) is 6.07 Å². The Morgan fingerprint density at radius 2 is 1.04 bits per heavy atom. The van der Waals surface area contributed by atoms with Gasteiger partial charge in [-0.3, -0.25) is 0 Å². The van der Waals surface area contributed by atoms with Gasteiger partial charge in [-0.2, -0.15) is 0 Å². The summed E-state index contributed by atoms with van der Waals surface area (Å²) in [5.74, 6) is 0.552. The molecule has 0 saturated heterocycles. The molecule has 6 nitrogen and oxygen atoms in total. The number of hydrogen-bond donors (Lipinski definition) is 0. The number of aromatic nitrogens is 3. The molecule has 4 heterocycles. The lowest BCUT2D eigenvalue weighted by atomic mass is 10.00. The Balaban J connectivity index is 1.21. The van der Waals surface area contributed by atoms with E-state index in [-0.39, 0.29) is 81.0 Å². The summed E-state index contributed by atoms with van der Waals surface area (Å²) < 4.78 is 74.3. The fourth-order valence-electron chi connectivity index (χ4n) is 6.95. The van der Waals surface area contributed by atoms with Gasteiger partial charge in [0.2, 0.25) is 0 Å². The number of rotatable bonds is 4. The molecule has 0 fully saturated rings. The van der Waals surface area contributed by atoms with Crippen molar-refractivity contribution in [2.24, 2.45) is 0 Å². The third kappa shape index (κ3) is 4.26. The molecule has 238 valence electrons. The zero-order chi connectivity index (χ0) is 38.7. The molecule has 0 amide bonds. The van der Waals surface area contributed by atoms with Crippen LogP contribution in [0, 0.1) is 0 Å². The van der Waals surface area contributed by atoms with Crippen molar-refractivity contribution >= 4 is 65.8 Å². The fraction of sp³-hybridized carbons (Fsp3) is 0. The second-order valence-corrected chi connectivity index (χ2v) is 12.2. The van der Waals surface area contributed by atoms with E-state index in [1.165, 1.54) is 0 Å². The van der Waals surface area contributed by atoms with Gasteiger partial charge in [0.1, 0.15) is 33.5 Å². The van der Waals surface area contributed by atoms with E-state index in [2.05, 4.69) is 0 Å². The van der Waals surface area contributed by atoms with Crippen LogP contribution in [0.2, 0.25) is 0 Å². The third-order valence-electron chi connectivity index (χ3n) is 9.27. The maximum Gasteiger partial charge on any atom is 0.164 e. The van der Waals surface area contributed by atoms with Crippen molar-refractivity contribution in [3.05, 3.63) is 152 Å². The summed E-state index contributed by atoms with van der Waals surface area (Å²) in [4.78, 5) is 14.6. The summed E-state index contributed by atoms with van der Waals surface area (Å²) in [6.07, 6.45) is 0. The summed E-state index contributed by atoms with van der Waals surface area (Å²) in [5.41, 5.74) is 4.31. The number of para-hydroxylation sites is 4. The largest absolute Gasteiger partial charge is 0.456 e. The van der Waals surface area contributed by atoms with Crippen molar-refractivity contribution in [2.75, 3.05) is 0 Å². The van der Waals surface area contributed by atoms with Crippen molar-refractivity contribution in [1.29, 1.82) is 0 Å². The highest BCUT2D eigenvalue weighted by atomic mass is 16.3. The maximum absolute atomic E-state index is 9.58. The number of hydrogen-bond acceptors (Lipinski definition) is 6. The Hall–Kier alpha value is -7.05. The molecule has 0 aliphatic rings. The van der Waals surface area contributed by atoms with Gasteiger partial charge in [0.25, 0.3) is 0 Å². The molecule has 11 aromatic rings. The highest BCUT2D eigenvalue weighted by Crippen LogP contribution is 2.42. The van der Waals surface area contributed by atoms with Crippen molar-refractivity contribution < 1.29 is 21.5 Å². The SMILES string of the molecule is [2H]c1c([2H])c([2H])c2c(oc3c([2H])c(-c4nc(-c5ccccc5)nc(-c5cccc6oc7ccccc7c56)n4)c([2H])c([2H])c32)c1-c1cccc2c1oc1ccccc12. The Morgan fingerprint density at radius 3 is 1.92 bits per heavy atom. The van der Waals surface area contributed by atoms with Crippen LogP contribution in [0.1, 0.15) is 8.22 Å². The lowest BCUT2D eigenvalue weighted by Gasteiger charge is -2.09. The minimum atomic E-state index is -0.384.